The molecule has 0 N–H and O–H groups in total. The van der Waals surface area contributed by atoms with Crippen molar-refractivity contribution in [1.29, 1.82) is 0 Å². The molecule has 3 rings (SSSR count). The maximum Gasteiger partial charge on any atom is 0.127 e. The molecule has 1 unspecified atom stereocenters. The third-order valence-electron chi connectivity index (χ3n) is 3.01. The average molecular weight is 534 g/mol. The van der Waals surface area contributed by atoms with Gasteiger partial charge in [0.05, 0.1) is 19.6 Å². The Morgan fingerprint density at radius 3 is 2.74 bits per heavy atom. The topological polar surface area (TPSA) is 9.23 Å². The highest BCUT2D eigenvalue weighted by Crippen LogP contribution is 2.45. The van der Waals surface area contributed by atoms with Crippen LogP contribution in [0.4, 0.5) is 0 Å². The normalized spacial score (nSPS) is 15.2. The molecule has 0 saturated carbocycles. The first-order valence-electron chi connectivity index (χ1n) is 5.60. The molecular weight excluding hydrogens is 526 g/mol. The van der Waals surface area contributed by atoms with Crippen molar-refractivity contribution in [1.82, 2.24) is 0 Å². The smallest absolute Gasteiger partial charge is 0.127 e. The van der Waals surface area contributed by atoms with E-state index in [4.69, 9.17) is 16.3 Å². The second kappa shape index (κ2) is 5.83. The summed E-state index contributed by atoms with van der Waals surface area (Å²) in [5.41, 5.74) is 3.41. The Labute approximate surface area is 151 Å². The minimum atomic E-state index is -0.196. The molecule has 1 aliphatic rings. The van der Waals surface area contributed by atoms with Crippen LogP contribution in [0.25, 0.3) is 0 Å². The third kappa shape index (κ3) is 2.86. The zero-order valence-corrected chi connectivity index (χ0v) is 16.5. The van der Waals surface area contributed by atoms with Gasteiger partial charge in [-0.05, 0) is 78.2 Å². The van der Waals surface area contributed by atoms with Crippen molar-refractivity contribution in [3.8, 4) is 5.75 Å². The highest BCUT2D eigenvalue weighted by atomic mass is 127. The van der Waals surface area contributed by atoms with E-state index < -0.39 is 0 Å². The zero-order valence-electron chi connectivity index (χ0n) is 9.55. The number of rotatable bonds is 2. The number of hydrogen-bond donors (Lipinski definition) is 0. The summed E-state index contributed by atoms with van der Waals surface area (Å²) in [6.07, 6.45) is 0.970. The van der Waals surface area contributed by atoms with E-state index >= 15 is 0 Å². The lowest BCUT2D eigenvalue weighted by molar-refractivity contribution is 0.353. The van der Waals surface area contributed by atoms with Crippen LogP contribution in [0.2, 0.25) is 0 Å². The summed E-state index contributed by atoms with van der Waals surface area (Å²) in [4.78, 5) is 0. The molecule has 19 heavy (non-hydrogen) atoms. The van der Waals surface area contributed by atoms with Crippen molar-refractivity contribution in [2.45, 2.75) is 11.8 Å². The fraction of sp³-hybridized carbons (Fsp3) is 0.231. The molecule has 0 bridgehead atoms. The minimum absolute atomic E-state index is 0.196. The molecule has 1 aromatic heterocycles. The van der Waals surface area contributed by atoms with Gasteiger partial charge in [-0.3, -0.25) is 0 Å². The van der Waals surface area contributed by atoms with Crippen molar-refractivity contribution in [2.24, 2.45) is 0 Å². The summed E-state index contributed by atoms with van der Waals surface area (Å²) >= 11 is 17.7. The summed E-state index contributed by atoms with van der Waals surface area (Å²) < 4.78 is 9.10. The van der Waals surface area contributed by atoms with Crippen LogP contribution >= 0.6 is 77.4 Å². The van der Waals surface area contributed by atoms with E-state index in [0.717, 1.165) is 37.5 Å². The molecule has 0 spiro atoms. The van der Waals surface area contributed by atoms with Gasteiger partial charge in [-0.15, -0.1) is 22.9 Å². The Hall–Kier alpha value is 0.700. The van der Waals surface area contributed by atoms with Crippen LogP contribution in [-0.2, 0) is 6.42 Å². The van der Waals surface area contributed by atoms with Crippen LogP contribution in [0.1, 0.15) is 22.1 Å². The van der Waals surface area contributed by atoms with Gasteiger partial charge in [-0.25, -0.2) is 0 Å². The molecule has 0 amide bonds. The third-order valence-corrected chi connectivity index (χ3v) is 6.49. The summed E-state index contributed by atoms with van der Waals surface area (Å²) in [6.45, 7) is 0.751. The number of halogens is 4. The summed E-state index contributed by atoms with van der Waals surface area (Å²) in [5.74, 6) is 0.967. The molecular formula is C13H8Br2ClIOS. The molecule has 2 aromatic rings. The van der Waals surface area contributed by atoms with Gasteiger partial charge in [-0.2, -0.15) is 0 Å². The Kier molecular flexibility index (Phi) is 4.49. The lowest BCUT2D eigenvalue weighted by Crippen LogP contribution is -1.97. The van der Waals surface area contributed by atoms with E-state index in [1.165, 1.54) is 9.13 Å². The van der Waals surface area contributed by atoms with E-state index in [1.54, 1.807) is 11.3 Å². The molecule has 0 saturated heterocycles. The fourth-order valence-electron chi connectivity index (χ4n) is 2.18. The van der Waals surface area contributed by atoms with Gasteiger partial charge in [0.1, 0.15) is 5.75 Å². The summed E-state index contributed by atoms with van der Waals surface area (Å²) in [6, 6.07) is 6.35. The number of benzene rings is 1. The first-order chi connectivity index (χ1) is 9.06. The van der Waals surface area contributed by atoms with Crippen molar-refractivity contribution < 1.29 is 4.74 Å². The van der Waals surface area contributed by atoms with Crippen LogP contribution in [0.15, 0.2) is 25.8 Å². The van der Waals surface area contributed by atoms with Gasteiger partial charge < -0.3 is 4.74 Å². The monoisotopic (exact) mass is 532 g/mol. The lowest BCUT2D eigenvalue weighted by atomic mass is 10.0. The highest BCUT2D eigenvalue weighted by Gasteiger charge is 2.25. The number of fused-ring (bicyclic) bond motifs is 1. The molecule has 2 heterocycles. The Morgan fingerprint density at radius 2 is 2.05 bits per heavy atom. The number of thiophene rings is 1. The molecule has 1 nitrogen and oxygen atoms in total. The quantitative estimate of drug-likeness (QED) is 0.332. The number of ether oxygens (including phenoxy) is 1. The molecule has 1 aliphatic heterocycles. The largest absolute Gasteiger partial charge is 0.493 e. The first-order valence-corrected chi connectivity index (χ1v) is 9.52. The predicted octanol–water partition coefficient (Wildman–Crippen LogP) is 6.14. The van der Waals surface area contributed by atoms with E-state index in [2.05, 4.69) is 72.6 Å². The second-order valence-corrected chi connectivity index (χ2v) is 9.66. The van der Waals surface area contributed by atoms with Crippen LogP contribution in [0.5, 0.6) is 5.75 Å². The van der Waals surface area contributed by atoms with E-state index in [0.29, 0.717) is 0 Å². The fourth-order valence-corrected chi connectivity index (χ4v) is 6.32. The number of alkyl halides is 1. The molecule has 6 heteroatoms. The van der Waals surface area contributed by atoms with Gasteiger partial charge in [-0.1, -0.05) is 0 Å². The van der Waals surface area contributed by atoms with Gasteiger partial charge >= 0.3 is 0 Å². The van der Waals surface area contributed by atoms with Crippen molar-refractivity contribution in [3.05, 3.63) is 46.0 Å². The zero-order chi connectivity index (χ0) is 13.6. The maximum atomic E-state index is 6.68. The molecule has 0 aliphatic carbocycles. The second-order valence-electron chi connectivity index (χ2n) is 4.22. The Morgan fingerprint density at radius 1 is 1.26 bits per heavy atom. The highest BCUT2D eigenvalue weighted by molar-refractivity contribution is 14.1. The van der Waals surface area contributed by atoms with Crippen molar-refractivity contribution in [3.63, 3.8) is 0 Å². The van der Waals surface area contributed by atoms with Crippen LogP contribution in [0, 0.1) is 3.57 Å². The van der Waals surface area contributed by atoms with Crippen molar-refractivity contribution in [2.75, 3.05) is 6.61 Å². The van der Waals surface area contributed by atoms with Gasteiger partial charge in [0.25, 0.3) is 0 Å². The van der Waals surface area contributed by atoms with Crippen LogP contribution in [-0.4, -0.2) is 6.61 Å². The standard InChI is InChI=1S/C13H8Br2ClIOS/c14-10-5-9(13(15)19-10)11(16)8-4-7(17)3-6-1-2-18-12(6)8/h3-5,11H,1-2H2. The molecule has 1 aromatic carbocycles. The van der Waals surface area contributed by atoms with Crippen LogP contribution in [0.3, 0.4) is 0 Å². The summed E-state index contributed by atoms with van der Waals surface area (Å²) in [5, 5.41) is -0.196. The van der Waals surface area contributed by atoms with Crippen LogP contribution < -0.4 is 4.74 Å². The minimum Gasteiger partial charge on any atom is -0.493 e. The van der Waals surface area contributed by atoms with Crippen molar-refractivity contribution >= 4 is 77.4 Å². The van der Waals surface area contributed by atoms with Gasteiger partial charge in [0.2, 0.25) is 0 Å². The molecule has 1 atom stereocenters. The van der Waals surface area contributed by atoms with E-state index in [1.807, 2.05) is 0 Å². The Bertz CT molecular complexity index is 644. The van der Waals surface area contributed by atoms with Gasteiger partial charge in [0, 0.05) is 21.1 Å². The van der Waals surface area contributed by atoms with Gasteiger partial charge in [0.15, 0.2) is 0 Å². The predicted molar refractivity (Wildman–Crippen MR) is 95.8 cm³/mol. The number of hydrogen-bond acceptors (Lipinski definition) is 2. The Balaban J connectivity index is 2.09. The lowest BCUT2D eigenvalue weighted by Gasteiger charge is -2.14. The average Bonchev–Trinajstić information content (AvgIpc) is 2.93. The SMILES string of the molecule is ClC(c1cc(Br)sc1Br)c1cc(I)cc2c1OCC2. The van der Waals surface area contributed by atoms with E-state index in [9.17, 15) is 0 Å². The molecule has 100 valence electrons. The van der Waals surface area contributed by atoms with E-state index in [-0.39, 0.29) is 5.38 Å². The molecule has 0 fully saturated rings. The maximum absolute atomic E-state index is 6.68. The molecule has 0 radical (unpaired) electrons. The summed E-state index contributed by atoms with van der Waals surface area (Å²) in [7, 11) is 0. The first kappa shape index (κ1) is 14.6.